The summed E-state index contributed by atoms with van der Waals surface area (Å²) in [5.74, 6) is -0.739. The molecule has 2 N–H and O–H groups in total. The second kappa shape index (κ2) is 14.7. The number of thioether (sulfide) groups is 1. The van der Waals surface area contributed by atoms with Gasteiger partial charge in [0, 0.05) is 27.5 Å². The summed E-state index contributed by atoms with van der Waals surface area (Å²) in [6.07, 6.45) is 1.65. The molecule has 0 heterocycles. The summed E-state index contributed by atoms with van der Waals surface area (Å²) in [6, 6.07) is 42.8. The maximum Gasteiger partial charge on any atom is 0.272 e. The molecular formula is C37H31N3O3S. The molecular weight excluding hydrogens is 566 g/mol. The average Bonchev–Trinajstić information content (AvgIpc) is 3.06. The van der Waals surface area contributed by atoms with Gasteiger partial charge in [0.25, 0.3) is 11.8 Å². The first kappa shape index (κ1) is 30.1. The number of amides is 3. The van der Waals surface area contributed by atoms with Crippen LogP contribution >= 0.6 is 11.8 Å². The van der Waals surface area contributed by atoms with Crippen molar-refractivity contribution in [1.82, 2.24) is 5.32 Å². The second-order valence-electron chi connectivity index (χ2n) is 9.96. The minimum Gasteiger partial charge on any atom is -0.321 e. The van der Waals surface area contributed by atoms with Gasteiger partial charge in [0.1, 0.15) is 5.70 Å². The molecule has 0 aliphatic rings. The van der Waals surface area contributed by atoms with Crippen LogP contribution in [-0.4, -0.2) is 23.5 Å². The van der Waals surface area contributed by atoms with E-state index in [1.807, 2.05) is 116 Å². The largest absolute Gasteiger partial charge is 0.321 e. The maximum absolute atomic E-state index is 13.5. The third kappa shape index (κ3) is 8.12. The molecule has 0 radical (unpaired) electrons. The number of carbonyl (C=O) groups is 3. The van der Waals surface area contributed by atoms with Gasteiger partial charge in [-0.2, -0.15) is 0 Å². The van der Waals surface area contributed by atoms with E-state index in [1.165, 1.54) is 11.8 Å². The van der Waals surface area contributed by atoms with Crippen molar-refractivity contribution in [3.8, 4) is 0 Å². The average molecular weight is 598 g/mol. The number of benzene rings is 5. The van der Waals surface area contributed by atoms with E-state index in [0.29, 0.717) is 11.3 Å². The van der Waals surface area contributed by atoms with E-state index in [9.17, 15) is 14.4 Å². The Morgan fingerprint density at radius 2 is 1.30 bits per heavy atom. The van der Waals surface area contributed by atoms with Crippen molar-refractivity contribution >= 4 is 52.6 Å². The summed E-state index contributed by atoms with van der Waals surface area (Å²) < 4.78 is 0. The van der Waals surface area contributed by atoms with Gasteiger partial charge in [-0.1, -0.05) is 90.5 Å². The van der Waals surface area contributed by atoms with Crippen molar-refractivity contribution in [2.75, 3.05) is 16.0 Å². The molecule has 0 fully saturated rings. The Hall–Kier alpha value is -5.40. The van der Waals surface area contributed by atoms with Crippen LogP contribution in [0.4, 0.5) is 17.1 Å². The Kier molecular flexibility index (Phi) is 10.0. The van der Waals surface area contributed by atoms with Gasteiger partial charge >= 0.3 is 0 Å². The van der Waals surface area contributed by atoms with Gasteiger partial charge in [-0.25, -0.2) is 0 Å². The highest BCUT2D eigenvalue weighted by Gasteiger charge is 2.19. The first-order valence-electron chi connectivity index (χ1n) is 14.1. The van der Waals surface area contributed by atoms with Gasteiger partial charge in [-0.3, -0.25) is 19.3 Å². The Bertz CT molecular complexity index is 1720. The van der Waals surface area contributed by atoms with Gasteiger partial charge in [-0.15, -0.1) is 11.8 Å². The molecule has 0 aliphatic carbocycles. The molecule has 44 heavy (non-hydrogen) atoms. The van der Waals surface area contributed by atoms with Gasteiger partial charge in [0.15, 0.2) is 0 Å². The molecule has 0 saturated heterocycles. The van der Waals surface area contributed by atoms with Crippen LogP contribution in [0, 0.1) is 6.92 Å². The van der Waals surface area contributed by atoms with Gasteiger partial charge in [0.05, 0.1) is 5.75 Å². The van der Waals surface area contributed by atoms with Crippen LogP contribution in [0.2, 0.25) is 0 Å². The smallest absolute Gasteiger partial charge is 0.272 e. The molecule has 0 spiro atoms. The lowest BCUT2D eigenvalue weighted by atomic mass is 10.1. The molecule has 0 bridgehead atoms. The summed E-state index contributed by atoms with van der Waals surface area (Å²) in [5, 5.41) is 5.67. The molecule has 218 valence electrons. The van der Waals surface area contributed by atoms with Crippen molar-refractivity contribution in [3.63, 3.8) is 0 Å². The maximum atomic E-state index is 13.5. The lowest BCUT2D eigenvalue weighted by Crippen LogP contribution is -2.30. The summed E-state index contributed by atoms with van der Waals surface area (Å²) in [4.78, 5) is 42.4. The highest BCUT2D eigenvalue weighted by molar-refractivity contribution is 8.00. The summed E-state index contributed by atoms with van der Waals surface area (Å²) >= 11 is 1.38. The van der Waals surface area contributed by atoms with Crippen molar-refractivity contribution in [2.45, 2.75) is 11.8 Å². The van der Waals surface area contributed by atoms with Gasteiger partial charge in [-0.05, 0) is 73.2 Å². The fraction of sp³-hybridized carbons (Fsp3) is 0.0541. The number of nitrogens with zero attached hydrogens (tertiary/aromatic N) is 1. The van der Waals surface area contributed by atoms with Crippen molar-refractivity contribution in [2.24, 2.45) is 0 Å². The SMILES string of the molecule is Cc1ccc(/C=C(/NC(=O)c2ccccc2)C(=O)Nc2cccc(SCC(=O)N(c3ccccc3)c3ccccc3)c2)cc1. The number of anilines is 3. The summed E-state index contributed by atoms with van der Waals surface area (Å²) in [6.45, 7) is 1.98. The molecule has 7 heteroatoms. The monoisotopic (exact) mass is 597 g/mol. The van der Waals surface area contributed by atoms with Crippen molar-refractivity contribution < 1.29 is 14.4 Å². The number of rotatable bonds is 10. The van der Waals surface area contributed by atoms with Crippen LogP contribution in [0.1, 0.15) is 21.5 Å². The van der Waals surface area contributed by atoms with Gasteiger partial charge < -0.3 is 10.6 Å². The first-order valence-corrected chi connectivity index (χ1v) is 15.1. The van der Waals surface area contributed by atoms with Crippen LogP contribution in [0.5, 0.6) is 0 Å². The zero-order valence-electron chi connectivity index (χ0n) is 24.1. The minimum atomic E-state index is -0.465. The van der Waals surface area contributed by atoms with Gasteiger partial charge in [0.2, 0.25) is 5.91 Å². The Labute approximate surface area is 261 Å². The van der Waals surface area contributed by atoms with E-state index in [4.69, 9.17) is 0 Å². The number of hydrogen-bond donors (Lipinski definition) is 2. The second-order valence-corrected chi connectivity index (χ2v) is 11.0. The zero-order chi connectivity index (χ0) is 30.7. The fourth-order valence-electron chi connectivity index (χ4n) is 4.43. The molecule has 0 aromatic heterocycles. The Morgan fingerprint density at radius 3 is 1.91 bits per heavy atom. The van der Waals surface area contributed by atoms with E-state index in [-0.39, 0.29) is 23.3 Å². The lowest BCUT2D eigenvalue weighted by molar-refractivity contribution is -0.115. The van der Waals surface area contributed by atoms with E-state index >= 15 is 0 Å². The highest BCUT2D eigenvalue weighted by atomic mass is 32.2. The van der Waals surface area contributed by atoms with Crippen LogP contribution in [0.3, 0.4) is 0 Å². The number of para-hydroxylation sites is 2. The van der Waals surface area contributed by atoms with Crippen LogP contribution < -0.4 is 15.5 Å². The van der Waals surface area contributed by atoms with E-state index in [1.54, 1.807) is 41.3 Å². The highest BCUT2D eigenvalue weighted by Crippen LogP contribution is 2.28. The van der Waals surface area contributed by atoms with Crippen LogP contribution in [0.15, 0.2) is 150 Å². The third-order valence-corrected chi connectivity index (χ3v) is 7.63. The Balaban J connectivity index is 1.31. The molecule has 5 rings (SSSR count). The minimum absolute atomic E-state index is 0.0752. The molecule has 0 atom stereocenters. The lowest BCUT2D eigenvalue weighted by Gasteiger charge is -2.23. The predicted octanol–water partition coefficient (Wildman–Crippen LogP) is 7.86. The molecule has 5 aromatic rings. The van der Waals surface area contributed by atoms with Crippen molar-refractivity contribution in [3.05, 3.63) is 162 Å². The first-order chi connectivity index (χ1) is 21.5. The summed E-state index contributed by atoms with van der Waals surface area (Å²) in [7, 11) is 0. The molecule has 5 aromatic carbocycles. The Morgan fingerprint density at radius 1 is 0.705 bits per heavy atom. The number of hydrogen-bond acceptors (Lipinski definition) is 4. The molecule has 0 unspecified atom stereocenters. The molecule has 0 saturated carbocycles. The van der Waals surface area contributed by atoms with Crippen molar-refractivity contribution in [1.29, 1.82) is 0 Å². The number of aryl methyl sites for hydroxylation is 1. The van der Waals surface area contributed by atoms with E-state index < -0.39 is 5.91 Å². The summed E-state index contributed by atoms with van der Waals surface area (Å²) in [5.41, 5.74) is 4.53. The predicted molar refractivity (Wildman–Crippen MR) is 179 cm³/mol. The molecule has 6 nitrogen and oxygen atoms in total. The fourth-order valence-corrected chi connectivity index (χ4v) is 5.24. The van der Waals surface area contributed by atoms with E-state index in [0.717, 1.165) is 27.4 Å². The molecule has 0 aliphatic heterocycles. The number of carbonyl (C=O) groups excluding carboxylic acids is 3. The van der Waals surface area contributed by atoms with Crippen LogP contribution in [0.25, 0.3) is 6.08 Å². The van der Waals surface area contributed by atoms with E-state index in [2.05, 4.69) is 10.6 Å². The molecule has 3 amide bonds. The van der Waals surface area contributed by atoms with Crippen LogP contribution in [-0.2, 0) is 9.59 Å². The normalized spacial score (nSPS) is 11.0. The quantitative estimate of drug-likeness (QED) is 0.127. The topological polar surface area (TPSA) is 78.5 Å². The standard InChI is InChI=1S/C37H31N3O3S/c1-27-20-22-28(23-21-27)24-34(39-36(42)29-12-5-2-6-13-29)37(43)38-30-14-11-19-33(25-30)44-26-35(41)40(31-15-7-3-8-16-31)32-17-9-4-10-18-32/h2-25H,26H2,1H3,(H,38,43)(H,39,42)/b34-24+. The zero-order valence-corrected chi connectivity index (χ0v) is 25.0. The number of nitrogens with one attached hydrogen (secondary N) is 2. The third-order valence-electron chi connectivity index (χ3n) is 6.65.